The SMILES string of the molecule is CCOc1ccc(N2C(=O)[C@@H]3[C@H](c4ccccc4C)N[C@@](C(=O)OC)(c4ccccc4)[C@H]3C2=O)cc1. The van der Waals surface area contributed by atoms with E-state index in [1.54, 1.807) is 36.4 Å². The Kier molecular flexibility index (Phi) is 6.10. The van der Waals surface area contributed by atoms with Crippen LogP contribution in [0.1, 0.15) is 29.7 Å². The second-order valence-corrected chi connectivity index (χ2v) is 9.09. The molecular weight excluding hydrogens is 456 g/mol. The van der Waals surface area contributed by atoms with Crippen molar-refractivity contribution in [3.05, 3.63) is 95.6 Å². The topological polar surface area (TPSA) is 84.9 Å². The molecule has 1 N–H and O–H groups in total. The maximum Gasteiger partial charge on any atom is 0.331 e. The molecule has 0 bridgehead atoms. The van der Waals surface area contributed by atoms with E-state index in [1.165, 1.54) is 12.0 Å². The summed E-state index contributed by atoms with van der Waals surface area (Å²) in [5.41, 5.74) is 1.32. The minimum absolute atomic E-state index is 0.350. The fourth-order valence-electron chi connectivity index (χ4n) is 5.66. The van der Waals surface area contributed by atoms with Crippen molar-refractivity contribution in [1.82, 2.24) is 5.32 Å². The van der Waals surface area contributed by atoms with Crippen LogP contribution in [0.4, 0.5) is 5.69 Å². The smallest absolute Gasteiger partial charge is 0.331 e. The van der Waals surface area contributed by atoms with Gasteiger partial charge in [-0.15, -0.1) is 0 Å². The lowest BCUT2D eigenvalue weighted by molar-refractivity contribution is -0.152. The van der Waals surface area contributed by atoms with Gasteiger partial charge >= 0.3 is 5.97 Å². The molecule has 2 aliphatic rings. The Morgan fingerprint density at radius 1 is 0.944 bits per heavy atom. The van der Waals surface area contributed by atoms with Crippen molar-refractivity contribution in [2.75, 3.05) is 18.6 Å². The number of imide groups is 1. The van der Waals surface area contributed by atoms with Gasteiger partial charge in [0.2, 0.25) is 11.8 Å². The van der Waals surface area contributed by atoms with E-state index in [4.69, 9.17) is 9.47 Å². The number of ether oxygens (including phenoxy) is 2. The third-order valence-corrected chi connectivity index (χ3v) is 7.23. The molecule has 0 unspecified atom stereocenters. The highest BCUT2D eigenvalue weighted by Crippen LogP contribution is 2.54. The molecule has 4 atom stereocenters. The molecular formula is C29H28N2O5. The summed E-state index contributed by atoms with van der Waals surface area (Å²) in [6, 6.07) is 23.0. The Morgan fingerprint density at radius 3 is 2.25 bits per heavy atom. The number of rotatable bonds is 6. The average molecular weight is 485 g/mol. The first-order chi connectivity index (χ1) is 17.4. The molecule has 3 aromatic carbocycles. The largest absolute Gasteiger partial charge is 0.494 e. The molecule has 0 spiro atoms. The predicted octanol–water partition coefficient (Wildman–Crippen LogP) is 3.91. The van der Waals surface area contributed by atoms with Crippen molar-refractivity contribution in [3.8, 4) is 5.75 Å². The second kappa shape index (κ2) is 9.24. The first kappa shape index (κ1) is 23.8. The minimum atomic E-state index is -1.53. The van der Waals surface area contributed by atoms with Gasteiger partial charge in [-0.05, 0) is 54.8 Å². The van der Waals surface area contributed by atoms with Crippen LogP contribution in [0.2, 0.25) is 0 Å². The van der Waals surface area contributed by atoms with Gasteiger partial charge in [0.15, 0.2) is 5.54 Å². The predicted molar refractivity (Wildman–Crippen MR) is 134 cm³/mol. The number of aryl methyl sites for hydroxylation is 1. The zero-order chi connectivity index (χ0) is 25.4. The number of methoxy groups -OCH3 is 1. The number of nitrogens with zero attached hydrogens (tertiary/aromatic N) is 1. The lowest BCUT2D eigenvalue weighted by atomic mass is 9.75. The number of carbonyl (C=O) groups is 3. The average Bonchev–Trinajstić information content (AvgIpc) is 3.39. The van der Waals surface area contributed by atoms with Gasteiger partial charge in [0.1, 0.15) is 5.75 Å². The summed E-state index contributed by atoms with van der Waals surface area (Å²) in [6.07, 6.45) is 0. The Bertz CT molecular complexity index is 1310. The molecule has 2 amide bonds. The maximum absolute atomic E-state index is 14.1. The lowest BCUT2D eigenvalue weighted by Crippen LogP contribution is -2.53. The van der Waals surface area contributed by atoms with Crippen LogP contribution in [0.3, 0.4) is 0 Å². The van der Waals surface area contributed by atoms with E-state index in [-0.39, 0.29) is 5.91 Å². The monoisotopic (exact) mass is 484 g/mol. The molecule has 36 heavy (non-hydrogen) atoms. The van der Waals surface area contributed by atoms with Gasteiger partial charge in [0, 0.05) is 6.04 Å². The fraction of sp³-hybridized carbons (Fsp3) is 0.276. The molecule has 5 rings (SSSR count). The van der Waals surface area contributed by atoms with Gasteiger partial charge < -0.3 is 9.47 Å². The van der Waals surface area contributed by atoms with Crippen LogP contribution in [-0.2, 0) is 24.7 Å². The zero-order valence-electron chi connectivity index (χ0n) is 20.4. The summed E-state index contributed by atoms with van der Waals surface area (Å²) in [4.78, 5) is 42.9. The molecule has 2 aliphatic heterocycles. The molecule has 2 fully saturated rings. The summed E-state index contributed by atoms with van der Waals surface area (Å²) in [5.74, 6) is -2.54. The van der Waals surface area contributed by atoms with Crippen LogP contribution in [0.5, 0.6) is 5.75 Å². The van der Waals surface area contributed by atoms with Crippen molar-refractivity contribution < 1.29 is 23.9 Å². The summed E-state index contributed by atoms with van der Waals surface area (Å²) in [5, 5.41) is 3.43. The first-order valence-electron chi connectivity index (χ1n) is 12.0. The van der Waals surface area contributed by atoms with Crippen LogP contribution in [-0.4, -0.2) is 31.5 Å². The molecule has 2 heterocycles. The van der Waals surface area contributed by atoms with E-state index in [0.29, 0.717) is 23.6 Å². The quantitative estimate of drug-likeness (QED) is 0.422. The molecule has 0 radical (unpaired) electrons. The molecule has 0 saturated carbocycles. The van der Waals surface area contributed by atoms with Crippen molar-refractivity contribution in [1.29, 1.82) is 0 Å². The lowest BCUT2D eigenvalue weighted by Gasteiger charge is -2.33. The van der Waals surface area contributed by atoms with Gasteiger partial charge in [-0.3, -0.25) is 14.9 Å². The van der Waals surface area contributed by atoms with Crippen molar-refractivity contribution in [3.63, 3.8) is 0 Å². The van der Waals surface area contributed by atoms with Crippen LogP contribution >= 0.6 is 0 Å². The van der Waals surface area contributed by atoms with Gasteiger partial charge in [-0.2, -0.15) is 0 Å². The number of anilines is 1. The molecule has 0 aliphatic carbocycles. The second-order valence-electron chi connectivity index (χ2n) is 9.09. The number of hydrogen-bond acceptors (Lipinski definition) is 6. The van der Waals surface area contributed by atoms with E-state index >= 15 is 0 Å². The fourth-order valence-corrected chi connectivity index (χ4v) is 5.66. The van der Waals surface area contributed by atoms with Crippen LogP contribution in [0.25, 0.3) is 0 Å². The van der Waals surface area contributed by atoms with Crippen LogP contribution in [0.15, 0.2) is 78.9 Å². The zero-order valence-corrected chi connectivity index (χ0v) is 20.4. The Balaban J connectivity index is 1.69. The van der Waals surface area contributed by atoms with Crippen molar-refractivity contribution in [2.45, 2.75) is 25.4 Å². The number of carbonyl (C=O) groups excluding carboxylic acids is 3. The Morgan fingerprint density at radius 2 is 1.61 bits per heavy atom. The molecule has 184 valence electrons. The minimum Gasteiger partial charge on any atom is -0.494 e. The summed E-state index contributed by atoms with van der Waals surface area (Å²) in [7, 11) is 1.30. The Labute approximate surface area is 210 Å². The normalized spacial score (nSPS) is 25.1. The van der Waals surface area contributed by atoms with Crippen LogP contribution < -0.4 is 15.0 Å². The van der Waals surface area contributed by atoms with Gasteiger partial charge in [0.05, 0.1) is 31.2 Å². The number of esters is 1. The summed E-state index contributed by atoms with van der Waals surface area (Å²) >= 11 is 0. The third-order valence-electron chi connectivity index (χ3n) is 7.23. The van der Waals surface area contributed by atoms with E-state index in [9.17, 15) is 14.4 Å². The Hall–Kier alpha value is -3.97. The highest BCUT2D eigenvalue weighted by Gasteiger charge is 2.69. The summed E-state index contributed by atoms with van der Waals surface area (Å²) < 4.78 is 10.8. The van der Waals surface area contributed by atoms with E-state index in [0.717, 1.165) is 11.1 Å². The number of benzene rings is 3. The molecule has 0 aromatic heterocycles. The molecule has 7 heteroatoms. The third kappa shape index (κ3) is 3.50. The highest BCUT2D eigenvalue weighted by molar-refractivity contribution is 6.24. The van der Waals surface area contributed by atoms with Gasteiger partial charge in [-0.1, -0.05) is 54.6 Å². The van der Waals surface area contributed by atoms with E-state index < -0.39 is 35.3 Å². The number of amides is 2. The van der Waals surface area contributed by atoms with E-state index in [1.807, 2.05) is 56.3 Å². The van der Waals surface area contributed by atoms with Gasteiger partial charge in [0.25, 0.3) is 0 Å². The van der Waals surface area contributed by atoms with Crippen molar-refractivity contribution in [2.24, 2.45) is 11.8 Å². The number of hydrogen-bond donors (Lipinski definition) is 1. The standard InChI is InChI=1S/C29H28N2O5/c1-4-36-21-16-14-20(15-17-21)31-26(32)23-24(27(31)33)29(28(34)35-3,19-11-6-5-7-12-19)30-25(23)22-13-9-8-10-18(22)2/h5-17,23-25,30H,4H2,1-3H3/t23-,24+,25-,29-/m0/s1. The molecule has 3 aromatic rings. The molecule has 2 saturated heterocycles. The first-order valence-corrected chi connectivity index (χ1v) is 12.0. The number of nitrogens with one attached hydrogen (secondary N) is 1. The maximum atomic E-state index is 14.1. The van der Waals surface area contributed by atoms with Crippen molar-refractivity contribution >= 4 is 23.5 Å². The van der Waals surface area contributed by atoms with Crippen LogP contribution in [0, 0.1) is 18.8 Å². The molecule has 7 nitrogen and oxygen atoms in total. The van der Waals surface area contributed by atoms with Gasteiger partial charge in [-0.25, -0.2) is 9.69 Å². The number of fused-ring (bicyclic) bond motifs is 1. The summed E-state index contributed by atoms with van der Waals surface area (Å²) in [6.45, 7) is 4.35. The van der Waals surface area contributed by atoms with E-state index in [2.05, 4.69) is 5.32 Å². The highest BCUT2D eigenvalue weighted by atomic mass is 16.5.